The number of alkyl carbamates (subject to hydrolysis) is 1. The second-order valence-electron chi connectivity index (χ2n) is 6.04. The van der Waals surface area contributed by atoms with Gasteiger partial charge in [0.1, 0.15) is 6.10 Å². The molecule has 0 heterocycles. The Labute approximate surface area is 124 Å². The summed E-state index contributed by atoms with van der Waals surface area (Å²) in [5, 5.41) is 0.935. The fraction of sp³-hybridized carbons (Fsp3) is 0.923. The summed E-state index contributed by atoms with van der Waals surface area (Å²) in [5.41, 5.74) is -4.34. The van der Waals surface area contributed by atoms with Gasteiger partial charge < -0.3 is 4.74 Å². The van der Waals surface area contributed by atoms with Crippen molar-refractivity contribution in [2.45, 2.75) is 64.0 Å². The number of amides is 1. The smallest absolute Gasteiger partial charge is 0.420 e. The van der Waals surface area contributed by atoms with E-state index in [4.69, 9.17) is 4.74 Å². The minimum Gasteiger partial charge on any atom is -0.446 e. The molecule has 1 aliphatic carbocycles. The van der Waals surface area contributed by atoms with Gasteiger partial charge >= 0.3 is 18.4 Å². The Morgan fingerprint density at radius 3 is 1.91 bits per heavy atom. The first-order valence-corrected chi connectivity index (χ1v) is 6.90. The van der Waals surface area contributed by atoms with Gasteiger partial charge in [-0.3, -0.25) is 5.32 Å². The molecule has 3 atom stereocenters. The first kappa shape index (κ1) is 18.9. The maximum atomic E-state index is 12.7. The number of carbonyl (C=O) groups excluding carboxylic acids is 1. The van der Waals surface area contributed by atoms with E-state index in [1.165, 1.54) is 0 Å². The van der Waals surface area contributed by atoms with Crippen molar-refractivity contribution in [2.75, 3.05) is 0 Å². The zero-order valence-electron chi connectivity index (χ0n) is 12.4. The monoisotopic (exact) mass is 335 g/mol. The van der Waals surface area contributed by atoms with Crippen LogP contribution in [0.1, 0.15) is 40.0 Å². The van der Waals surface area contributed by atoms with Gasteiger partial charge in [-0.25, -0.2) is 4.79 Å². The third-order valence-corrected chi connectivity index (χ3v) is 4.31. The minimum absolute atomic E-state index is 0.125. The van der Waals surface area contributed by atoms with Gasteiger partial charge in [0.05, 0.1) is 0 Å². The van der Waals surface area contributed by atoms with Gasteiger partial charge in [0, 0.05) is 0 Å². The lowest BCUT2D eigenvalue weighted by molar-refractivity contribution is -0.299. The van der Waals surface area contributed by atoms with Crippen molar-refractivity contribution < 1.29 is 35.9 Å². The van der Waals surface area contributed by atoms with Crippen LogP contribution >= 0.6 is 0 Å². The number of hydrogen-bond donors (Lipinski definition) is 1. The van der Waals surface area contributed by atoms with Crippen LogP contribution in [0, 0.1) is 11.8 Å². The molecule has 22 heavy (non-hydrogen) atoms. The van der Waals surface area contributed by atoms with Crippen LogP contribution in [0.2, 0.25) is 0 Å². The molecule has 0 aliphatic heterocycles. The van der Waals surface area contributed by atoms with Crippen molar-refractivity contribution in [3.8, 4) is 0 Å². The van der Waals surface area contributed by atoms with E-state index in [1.54, 1.807) is 0 Å². The first-order chi connectivity index (χ1) is 9.78. The van der Waals surface area contributed by atoms with Crippen molar-refractivity contribution in [3.63, 3.8) is 0 Å². The van der Waals surface area contributed by atoms with E-state index in [1.807, 2.05) is 13.8 Å². The van der Waals surface area contributed by atoms with Crippen LogP contribution in [0.3, 0.4) is 0 Å². The predicted molar refractivity (Wildman–Crippen MR) is 66.1 cm³/mol. The Morgan fingerprint density at radius 2 is 1.50 bits per heavy atom. The minimum atomic E-state index is -5.68. The standard InChI is InChI=1S/C13H19F6NO2/c1-7-4-5-9(6-8(7)2)22-10(21)20-11(3,12(14,15)16)13(17,18)19/h7-9H,4-6H2,1-3H3,(H,20,21)/t7-,8-,9+/m1/s1. The fourth-order valence-corrected chi connectivity index (χ4v) is 2.29. The molecule has 1 N–H and O–H groups in total. The van der Waals surface area contributed by atoms with Gasteiger partial charge in [-0.05, 0) is 38.0 Å². The molecule has 3 nitrogen and oxygen atoms in total. The molecule has 0 saturated heterocycles. The van der Waals surface area contributed by atoms with E-state index in [0.717, 1.165) is 5.32 Å². The van der Waals surface area contributed by atoms with Crippen LogP contribution in [0.15, 0.2) is 0 Å². The normalized spacial score (nSPS) is 27.4. The average molecular weight is 335 g/mol. The van der Waals surface area contributed by atoms with Crippen molar-refractivity contribution in [2.24, 2.45) is 11.8 Å². The number of halogens is 6. The molecular weight excluding hydrogens is 316 g/mol. The molecular formula is C13H19F6NO2. The maximum Gasteiger partial charge on any atom is 0.420 e. The fourth-order valence-electron chi connectivity index (χ4n) is 2.29. The highest BCUT2D eigenvalue weighted by Crippen LogP contribution is 2.42. The maximum absolute atomic E-state index is 12.7. The van der Waals surface area contributed by atoms with Crippen molar-refractivity contribution in [1.29, 1.82) is 0 Å². The average Bonchev–Trinajstić information content (AvgIpc) is 2.30. The van der Waals surface area contributed by atoms with Gasteiger partial charge in [0.25, 0.3) is 0 Å². The van der Waals surface area contributed by atoms with Gasteiger partial charge in [-0.15, -0.1) is 0 Å². The SMILES string of the molecule is C[C@@H]1CC[C@H](OC(=O)NC(C)(C(F)(F)F)C(F)(F)F)C[C@H]1C. The molecule has 0 aromatic carbocycles. The van der Waals surface area contributed by atoms with Crippen LogP contribution in [0.4, 0.5) is 31.1 Å². The number of carbonyl (C=O) groups is 1. The Bertz CT molecular complexity index is 392. The number of rotatable bonds is 2. The quantitative estimate of drug-likeness (QED) is 0.759. The zero-order chi connectivity index (χ0) is 17.3. The molecule has 0 spiro atoms. The van der Waals surface area contributed by atoms with Crippen molar-refractivity contribution >= 4 is 6.09 Å². The van der Waals surface area contributed by atoms with Crippen LogP contribution in [0.25, 0.3) is 0 Å². The highest BCUT2D eigenvalue weighted by atomic mass is 19.4. The van der Waals surface area contributed by atoms with Gasteiger partial charge in [0.2, 0.25) is 5.54 Å². The van der Waals surface area contributed by atoms with Crippen LogP contribution in [-0.2, 0) is 4.74 Å². The molecule has 1 fully saturated rings. The zero-order valence-corrected chi connectivity index (χ0v) is 12.4. The molecule has 0 bridgehead atoms. The number of ether oxygens (including phenoxy) is 1. The Morgan fingerprint density at radius 1 is 1.00 bits per heavy atom. The lowest BCUT2D eigenvalue weighted by Gasteiger charge is -2.36. The molecule has 0 aromatic rings. The molecule has 0 radical (unpaired) electrons. The van der Waals surface area contributed by atoms with E-state index in [9.17, 15) is 31.1 Å². The summed E-state index contributed by atoms with van der Waals surface area (Å²) in [6.45, 7) is 3.76. The van der Waals surface area contributed by atoms with E-state index < -0.39 is 30.1 Å². The van der Waals surface area contributed by atoms with Crippen LogP contribution < -0.4 is 5.32 Å². The number of nitrogens with one attached hydrogen (secondary N) is 1. The summed E-state index contributed by atoms with van der Waals surface area (Å²) >= 11 is 0. The lowest BCUT2D eigenvalue weighted by atomic mass is 9.80. The molecule has 0 unspecified atom stereocenters. The summed E-state index contributed by atoms with van der Waals surface area (Å²) in [6.07, 6.45) is -12.2. The summed E-state index contributed by atoms with van der Waals surface area (Å²) in [6, 6.07) is 0. The van der Waals surface area contributed by atoms with Crippen molar-refractivity contribution in [3.05, 3.63) is 0 Å². The van der Waals surface area contributed by atoms with Gasteiger partial charge in [-0.2, -0.15) is 26.3 Å². The summed E-state index contributed by atoms with van der Waals surface area (Å²) < 4.78 is 80.7. The topological polar surface area (TPSA) is 38.3 Å². The van der Waals surface area contributed by atoms with E-state index in [0.29, 0.717) is 25.2 Å². The molecule has 1 aliphatic rings. The molecule has 9 heteroatoms. The molecule has 130 valence electrons. The van der Waals surface area contributed by atoms with Gasteiger partial charge in [0.15, 0.2) is 0 Å². The van der Waals surface area contributed by atoms with Crippen LogP contribution in [-0.4, -0.2) is 30.1 Å². The molecule has 1 rings (SSSR count). The van der Waals surface area contributed by atoms with E-state index in [2.05, 4.69) is 0 Å². The Kier molecular flexibility index (Phi) is 5.29. The van der Waals surface area contributed by atoms with E-state index >= 15 is 0 Å². The summed E-state index contributed by atoms with van der Waals surface area (Å²) in [7, 11) is 0. The second kappa shape index (κ2) is 6.16. The van der Waals surface area contributed by atoms with Gasteiger partial charge in [-0.1, -0.05) is 13.8 Å². The summed E-state index contributed by atoms with van der Waals surface area (Å²) in [4.78, 5) is 11.5. The Hall–Kier alpha value is -1.15. The molecule has 0 aromatic heterocycles. The Balaban J connectivity index is 2.74. The second-order valence-corrected chi connectivity index (χ2v) is 6.04. The molecule has 1 amide bonds. The first-order valence-electron chi connectivity index (χ1n) is 6.90. The van der Waals surface area contributed by atoms with Crippen LogP contribution in [0.5, 0.6) is 0 Å². The third-order valence-electron chi connectivity index (χ3n) is 4.31. The van der Waals surface area contributed by atoms with Crippen molar-refractivity contribution in [1.82, 2.24) is 5.32 Å². The third kappa shape index (κ3) is 3.98. The number of hydrogen-bond acceptors (Lipinski definition) is 2. The highest BCUT2D eigenvalue weighted by molar-refractivity contribution is 5.68. The largest absolute Gasteiger partial charge is 0.446 e. The summed E-state index contributed by atoms with van der Waals surface area (Å²) in [5.74, 6) is 0.557. The van der Waals surface area contributed by atoms with E-state index in [-0.39, 0.29) is 12.8 Å². The lowest BCUT2D eigenvalue weighted by Crippen LogP contribution is -2.65. The molecule has 1 saturated carbocycles. The number of alkyl halides is 6. The predicted octanol–water partition coefficient (Wildman–Crippen LogP) is 4.42. The highest BCUT2D eigenvalue weighted by Gasteiger charge is 2.69.